The maximum atomic E-state index is 5.56. The van der Waals surface area contributed by atoms with E-state index in [0.29, 0.717) is 0 Å². The lowest BCUT2D eigenvalue weighted by Gasteiger charge is -2.18. The van der Waals surface area contributed by atoms with E-state index >= 15 is 0 Å². The van der Waals surface area contributed by atoms with E-state index in [1.165, 1.54) is 12.0 Å². The van der Waals surface area contributed by atoms with Gasteiger partial charge in [-0.2, -0.15) is 0 Å². The summed E-state index contributed by atoms with van der Waals surface area (Å²) in [7, 11) is 0. The summed E-state index contributed by atoms with van der Waals surface area (Å²) in [5, 5.41) is 6.74. The SMILES string of the molecule is CCCCOCCCN=C(NCC)NC(C)c1ccccc1. The molecule has 0 amide bonds. The second-order valence-electron chi connectivity index (χ2n) is 5.36. The molecule has 4 nitrogen and oxygen atoms in total. The molecular weight excluding hydrogens is 274 g/mol. The lowest BCUT2D eigenvalue weighted by molar-refractivity contribution is 0.130. The van der Waals surface area contributed by atoms with Crippen LogP contribution in [0.5, 0.6) is 0 Å². The van der Waals surface area contributed by atoms with Gasteiger partial charge in [0.15, 0.2) is 5.96 Å². The fraction of sp³-hybridized carbons (Fsp3) is 0.611. The van der Waals surface area contributed by atoms with Gasteiger partial charge in [0.2, 0.25) is 0 Å². The van der Waals surface area contributed by atoms with Gasteiger partial charge in [-0.15, -0.1) is 0 Å². The Balaban J connectivity index is 2.35. The molecule has 0 spiro atoms. The summed E-state index contributed by atoms with van der Waals surface area (Å²) >= 11 is 0. The molecule has 0 heterocycles. The van der Waals surface area contributed by atoms with Crippen molar-refractivity contribution in [2.24, 2.45) is 4.99 Å². The maximum absolute atomic E-state index is 5.56. The smallest absolute Gasteiger partial charge is 0.191 e. The van der Waals surface area contributed by atoms with Crippen molar-refractivity contribution in [3.05, 3.63) is 35.9 Å². The normalized spacial score (nSPS) is 13.0. The quantitative estimate of drug-likeness (QED) is 0.395. The minimum absolute atomic E-state index is 0.236. The van der Waals surface area contributed by atoms with Crippen molar-refractivity contribution >= 4 is 5.96 Å². The summed E-state index contributed by atoms with van der Waals surface area (Å²) in [6.45, 7) is 9.70. The maximum Gasteiger partial charge on any atom is 0.191 e. The predicted octanol–water partition coefficient (Wildman–Crippen LogP) is 3.51. The Morgan fingerprint density at radius 1 is 1.14 bits per heavy atom. The van der Waals surface area contributed by atoms with Gasteiger partial charge in [0, 0.05) is 26.3 Å². The van der Waals surface area contributed by atoms with E-state index in [-0.39, 0.29) is 6.04 Å². The topological polar surface area (TPSA) is 45.6 Å². The third kappa shape index (κ3) is 8.03. The first-order valence-corrected chi connectivity index (χ1v) is 8.45. The summed E-state index contributed by atoms with van der Waals surface area (Å²) < 4.78 is 5.56. The second-order valence-corrected chi connectivity index (χ2v) is 5.36. The zero-order chi connectivity index (χ0) is 16.0. The van der Waals surface area contributed by atoms with Crippen LogP contribution in [-0.4, -0.2) is 32.3 Å². The standard InChI is InChI=1S/C18H31N3O/c1-4-6-14-22-15-10-13-20-18(19-5-2)21-16(3)17-11-8-7-9-12-17/h7-9,11-12,16H,4-6,10,13-15H2,1-3H3,(H2,19,20,21). The largest absolute Gasteiger partial charge is 0.381 e. The summed E-state index contributed by atoms with van der Waals surface area (Å²) in [5.74, 6) is 0.868. The number of unbranched alkanes of at least 4 members (excludes halogenated alkanes) is 1. The summed E-state index contributed by atoms with van der Waals surface area (Å²) in [6.07, 6.45) is 3.28. The molecule has 2 N–H and O–H groups in total. The molecule has 0 saturated carbocycles. The average Bonchev–Trinajstić information content (AvgIpc) is 2.55. The number of guanidine groups is 1. The van der Waals surface area contributed by atoms with Crippen molar-refractivity contribution in [3.63, 3.8) is 0 Å². The van der Waals surface area contributed by atoms with Crippen LogP contribution in [0.4, 0.5) is 0 Å². The van der Waals surface area contributed by atoms with Gasteiger partial charge in [0.05, 0.1) is 6.04 Å². The van der Waals surface area contributed by atoms with Crippen molar-refractivity contribution in [3.8, 4) is 0 Å². The summed E-state index contributed by atoms with van der Waals surface area (Å²) in [5.41, 5.74) is 1.26. The van der Waals surface area contributed by atoms with Crippen molar-refractivity contribution in [1.82, 2.24) is 10.6 Å². The van der Waals surface area contributed by atoms with E-state index in [1.807, 2.05) is 6.07 Å². The lowest BCUT2D eigenvalue weighted by Crippen LogP contribution is -2.38. The Bertz CT molecular complexity index is 406. The Hall–Kier alpha value is -1.55. The van der Waals surface area contributed by atoms with Crippen molar-refractivity contribution in [2.45, 2.75) is 46.1 Å². The first kappa shape index (κ1) is 18.5. The molecule has 0 fully saturated rings. The van der Waals surface area contributed by atoms with Gasteiger partial charge in [-0.3, -0.25) is 4.99 Å². The number of nitrogens with one attached hydrogen (secondary N) is 2. The lowest BCUT2D eigenvalue weighted by atomic mass is 10.1. The van der Waals surface area contributed by atoms with Gasteiger partial charge in [0.1, 0.15) is 0 Å². The molecule has 0 saturated heterocycles. The van der Waals surface area contributed by atoms with Crippen LogP contribution < -0.4 is 10.6 Å². The van der Waals surface area contributed by atoms with Crippen LogP contribution in [0, 0.1) is 0 Å². The number of nitrogens with zero attached hydrogens (tertiary/aromatic N) is 1. The Kier molecular flexibility index (Phi) is 10.1. The van der Waals surface area contributed by atoms with E-state index in [4.69, 9.17) is 4.74 Å². The van der Waals surface area contributed by atoms with E-state index in [9.17, 15) is 0 Å². The molecule has 0 aliphatic carbocycles. The molecule has 0 aromatic heterocycles. The van der Waals surface area contributed by atoms with Crippen LogP contribution in [0.1, 0.15) is 51.6 Å². The van der Waals surface area contributed by atoms with E-state index < -0.39 is 0 Å². The number of hydrogen-bond donors (Lipinski definition) is 2. The minimum atomic E-state index is 0.236. The van der Waals surface area contributed by atoms with Gasteiger partial charge in [-0.25, -0.2) is 0 Å². The van der Waals surface area contributed by atoms with Crippen molar-refractivity contribution in [1.29, 1.82) is 0 Å². The van der Waals surface area contributed by atoms with Gasteiger partial charge in [-0.05, 0) is 32.3 Å². The first-order valence-electron chi connectivity index (χ1n) is 8.45. The molecule has 4 heteroatoms. The Labute approximate surface area is 135 Å². The molecule has 0 aliphatic heterocycles. The highest BCUT2D eigenvalue weighted by Crippen LogP contribution is 2.10. The number of aliphatic imine (C=N–C) groups is 1. The van der Waals surface area contributed by atoms with Crippen LogP contribution in [0.15, 0.2) is 35.3 Å². The molecule has 0 radical (unpaired) electrons. The highest BCUT2D eigenvalue weighted by Gasteiger charge is 2.06. The number of rotatable bonds is 10. The fourth-order valence-electron chi connectivity index (χ4n) is 2.06. The van der Waals surface area contributed by atoms with Gasteiger partial charge in [0.25, 0.3) is 0 Å². The molecule has 0 aliphatic rings. The number of hydrogen-bond acceptors (Lipinski definition) is 2. The second kappa shape index (κ2) is 12.0. The molecular formula is C18H31N3O. The van der Waals surface area contributed by atoms with Gasteiger partial charge in [-0.1, -0.05) is 43.7 Å². The summed E-state index contributed by atoms with van der Waals surface area (Å²) in [6, 6.07) is 10.6. The monoisotopic (exact) mass is 305 g/mol. The molecule has 22 heavy (non-hydrogen) atoms. The zero-order valence-electron chi connectivity index (χ0n) is 14.3. The molecule has 0 bridgehead atoms. The highest BCUT2D eigenvalue weighted by molar-refractivity contribution is 5.80. The number of benzene rings is 1. The van der Waals surface area contributed by atoms with Crippen LogP contribution >= 0.6 is 0 Å². The fourth-order valence-corrected chi connectivity index (χ4v) is 2.06. The molecule has 1 atom stereocenters. The van der Waals surface area contributed by atoms with Crippen molar-refractivity contribution < 1.29 is 4.74 Å². The van der Waals surface area contributed by atoms with E-state index in [2.05, 4.69) is 60.7 Å². The molecule has 1 aromatic carbocycles. The van der Waals surface area contributed by atoms with Gasteiger partial charge >= 0.3 is 0 Å². The van der Waals surface area contributed by atoms with E-state index in [0.717, 1.165) is 45.1 Å². The first-order chi connectivity index (χ1) is 10.8. The predicted molar refractivity (Wildman–Crippen MR) is 94.3 cm³/mol. The molecule has 1 unspecified atom stereocenters. The minimum Gasteiger partial charge on any atom is -0.381 e. The molecule has 124 valence electrons. The van der Waals surface area contributed by atoms with Crippen LogP contribution in [0.2, 0.25) is 0 Å². The van der Waals surface area contributed by atoms with Crippen LogP contribution in [-0.2, 0) is 4.74 Å². The molecule has 1 aromatic rings. The third-order valence-electron chi connectivity index (χ3n) is 3.36. The highest BCUT2D eigenvalue weighted by atomic mass is 16.5. The van der Waals surface area contributed by atoms with Crippen LogP contribution in [0.25, 0.3) is 0 Å². The Morgan fingerprint density at radius 2 is 1.86 bits per heavy atom. The Morgan fingerprint density at radius 3 is 2.55 bits per heavy atom. The van der Waals surface area contributed by atoms with Crippen molar-refractivity contribution in [2.75, 3.05) is 26.3 Å². The molecule has 1 rings (SSSR count). The van der Waals surface area contributed by atoms with Crippen LogP contribution in [0.3, 0.4) is 0 Å². The zero-order valence-corrected chi connectivity index (χ0v) is 14.3. The van der Waals surface area contributed by atoms with Gasteiger partial charge < -0.3 is 15.4 Å². The third-order valence-corrected chi connectivity index (χ3v) is 3.36. The van der Waals surface area contributed by atoms with E-state index in [1.54, 1.807) is 0 Å². The average molecular weight is 305 g/mol. The number of ether oxygens (including phenoxy) is 1. The summed E-state index contributed by atoms with van der Waals surface area (Å²) in [4.78, 5) is 4.61.